The van der Waals surface area contributed by atoms with E-state index in [2.05, 4.69) is 0 Å². The number of carbonyl (C=O) groups excluding carboxylic acids is 3. The van der Waals surface area contributed by atoms with Crippen molar-refractivity contribution >= 4 is 39.3 Å². The van der Waals surface area contributed by atoms with Gasteiger partial charge in [0.15, 0.2) is 0 Å². The molecule has 0 spiro atoms. The fraction of sp³-hybridized carbons (Fsp3) is 0.211. The zero-order valence-corrected chi connectivity index (χ0v) is 16.6. The van der Waals surface area contributed by atoms with Crippen molar-refractivity contribution in [3.63, 3.8) is 0 Å². The number of fused-ring (bicyclic) bond motifs is 1. The van der Waals surface area contributed by atoms with Crippen molar-refractivity contribution in [3.8, 4) is 0 Å². The van der Waals surface area contributed by atoms with E-state index in [0.29, 0.717) is 0 Å². The number of hydrogen-bond acceptors (Lipinski definition) is 5. The smallest absolute Gasteiger partial charge is 0.265 e. The Bertz CT molecular complexity index is 1050. The standard InChI is InChI=1S/C19H17ClN2O5S/c1-11(2)16(22-18(24)12-7-3-4-8-13(12)19(22)25)17(23)21-28(26,27)15-10-6-5-9-14(15)20/h3-11,16H,1-2H3,(H,21,23). The van der Waals surface area contributed by atoms with Crippen molar-refractivity contribution in [2.45, 2.75) is 24.8 Å². The van der Waals surface area contributed by atoms with Gasteiger partial charge in [-0.15, -0.1) is 0 Å². The highest BCUT2D eigenvalue weighted by Gasteiger charge is 2.44. The number of halogens is 1. The first-order valence-electron chi connectivity index (χ1n) is 8.43. The van der Waals surface area contributed by atoms with E-state index < -0.39 is 39.7 Å². The number of carbonyl (C=O) groups is 3. The molecular formula is C19H17ClN2O5S. The molecule has 3 amide bonds. The largest absolute Gasteiger partial charge is 0.272 e. The second kappa shape index (κ2) is 7.37. The van der Waals surface area contributed by atoms with Crippen LogP contribution >= 0.6 is 11.6 Å². The molecule has 0 saturated heterocycles. The topological polar surface area (TPSA) is 101 Å². The van der Waals surface area contributed by atoms with E-state index in [1.165, 1.54) is 30.3 Å². The second-order valence-electron chi connectivity index (χ2n) is 6.61. The molecule has 1 unspecified atom stereocenters. The summed E-state index contributed by atoms with van der Waals surface area (Å²) < 4.78 is 27.1. The number of nitrogens with zero attached hydrogens (tertiary/aromatic N) is 1. The molecule has 9 heteroatoms. The molecule has 2 aromatic carbocycles. The molecule has 1 aliphatic rings. The maximum absolute atomic E-state index is 12.8. The predicted molar refractivity (Wildman–Crippen MR) is 102 cm³/mol. The van der Waals surface area contributed by atoms with Crippen LogP contribution in [-0.4, -0.2) is 37.1 Å². The number of nitrogens with one attached hydrogen (secondary N) is 1. The minimum absolute atomic E-state index is 0.0513. The van der Waals surface area contributed by atoms with Crippen molar-refractivity contribution in [1.29, 1.82) is 0 Å². The average Bonchev–Trinajstić information content (AvgIpc) is 2.87. The number of benzene rings is 2. The Balaban J connectivity index is 1.94. The molecule has 1 aliphatic heterocycles. The summed E-state index contributed by atoms with van der Waals surface area (Å²) in [5, 5.41) is -0.0513. The van der Waals surface area contributed by atoms with E-state index in [4.69, 9.17) is 11.6 Å². The second-order valence-corrected chi connectivity index (χ2v) is 8.67. The van der Waals surface area contributed by atoms with E-state index in [0.717, 1.165) is 4.90 Å². The summed E-state index contributed by atoms with van der Waals surface area (Å²) in [6.45, 7) is 3.24. The minimum atomic E-state index is -4.28. The number of rotatable bonds is 5. The van der Waals surface area contributed by atoms with Crippen molar-refractivity contribution in [1.82, 2.24) is 9.62 Å². The highest BCUT2D eigenvalue weighted by Crippen LogP contribution is 2.28. The van der Waals surface area contributed by atoms with E-state index in [9.17, 15) is 22.8 Å². The lowest BCUT2D eigenvalue weighted by Gasteiger charge is -2.28. The Hall–Kier alpha value is -2.71. The van der Waals surface area contributed by atoms with Crippen molar-refractivity contribution in [3.05, 3.63) is 64.7 Å². The Morgan fingerprint density at radius 1 is 0.964 bits per heavy atom. The van der Waals surface area contributed by atoms with Gasteiger partial charge in [-0.05, 0) is 30.2 Å². The third-order valence-electron chi connectivity index (χ3n) is 4.36. The maximum atomic E-state index is 12.8. The zero-order valence-electron chi connectivity index (χ0n) is 15.0. The molecule has 1 atom stereocenters. The van der Waals surface area contributed by atoms with Gasteiger partial charge in [0.25, 0.3) is 27.7 Å². The molecule has 2 aromatic rings. The van der Waals surface area contributed by atoms with Crippen molar-refractivity contribution in [2.75, 3.05) is 0 Å². The van der Waals surface area contributed by atoms with E-state index in [-0.39, 0.29) is 21.0 Å². The van der Waals surface area contributed by atoms with Gasteiger partial charge in [0.1, 0.15) is 10.9 Å². The Morgan fingerprint density at radius 2 is 1.46 bits per heavy atom. The van der Waals surface area contributed by atoms with Gasteiger partial charge in [-0.1, -0.05) is 49.7 Å². The lowest BCUT2D eigenvalue weighted by molar-refractivity contribution is -0.124. The highest BCUT2D eigenvalue weighted by atomic mass is 35.5. The first-order chi connectivity index (χ1) is 13.1. The van der Waals surface area contributed by atoms with Crippen LogP contribution in [0.1, 0.15) is 34.6 Å². The van der Waals surface area contributed by atoms with Gasteiger partial charge in [-0.3, -0.25) is 19.3 Å². The Morgan fingerprint density at radius 3 is 1.96 bits per heavy atom. The zero-order chi connectivity index (χ0) is 20.6. The predicted octanol–water partition coefficient (Wildman–Crippen LogP) is 2.47. The normalized spacial score (nSPS) is 14.9. The summed E-state index contributed by atoms with van der Waals surface area (Å²) in [6, 6.07) is 10.6. The molecule has 0 fully saturated rings. The van der Waals surface area contributed by atoms with Gasteiger partial charge in [-0.2, -0.15) is 0 Å². The Kier molecular flexibility index (Phi) is 5.27. The lowest BCUT2D eigenvalue weighted by Crippen LogP contribution is -2.53. The van der Waals surface area contributed by atoms with Crippen LogP contribution in [0.2, 0.25) is 5.02 Å². The average molecular weight is 421 g/mol. The molecule has 7 nitrogen and oxygen atoms in total. The van der Waals surface area contributed by atoms with Crippen LogP contribution < -0.4 is 4.72 Å². The SMILES string of the molecule is CC(C)C(C(=O)NS(=O)(=O)c1ccccc1Cl)N1C(=O)c2ccccc2C1=O. The van der Waals surface area contributed by atoms with Crippen LogP contribution in [0.15, 0.2) is 53.4 Å². The molecule has 0 radical (unpaired) electrons. The first-order valence-corrected chi connectivity index (χ1v) is 10.3. The molecule has 0 aliphatic carbocycles. The molecule has 0 aromatic heterocycles. The molecular weight excluding hydrogens is 404 g/mol. The van der Waals surface area contributed by atoms with E-state index in [1.807, 2.05) is 4.72 Å². The summed E-state index contributed by atoms with van der Waals surface area (Å²) in [5.41, 5.74) is 0.361. The summed E-state index contributed by atoms with van der Waals surface area (Å²) in [5.74, 6) is -2.78. The molecule has 1 heterocycles. The van der Waals surface area contributed by atoms with Gasteiger partial charge >= 0.3 is 0 Å². The monoisotopic (exact) mass is 420 g/mol. The van der Waals surface area contributed by atoms with Crippen molar-refractivity contribution in [2.24, 2.45) is 5.92 Å². The Labute approximate surface area is 167 Å². The fourth-order valence-electron chi connectivity index (χ4n) is 3.09. The van der Waals surface area contributed by atoms with E-state index >= 15 is 0 Å². The summed E-state index contributed by atoms with van der Waals surface area (Å²) in [6.07, 6.45) is 0. The minimum Gasteiger partial charge on any atom is -0.272 e. The molecule has 0 saturated carbocycles. The van der Waals surface area contributed by atoms with Gasteiger partial charge in [-0.25, -0.2) is 13.1 Å². The number of imide groups is 1. The van der Waals surface area contributed by atoms with Gasteiger partial charge in [0.2, 0.25) is 0 Å². The lowest BCUT2D eigenvalue weighted by atomic mass is 10.0. The van der Waals surface area contributed by atoms with Crippen LogP contribution in [0.4, 0.5) is 0 Å². The van der Waals surface area contributed by atoms with Gasteiger partial charge < -0.3 is 0 Å². The molecule has 1 N–H and O–H groups in total. The van der Waals surface area contributed by atoms with Gasteiger partial charge in [0, 0.05) is 0 Å². The van der Waals surface area contributed by atoms with Crippen LogP contribution in [0, 0.1) is 5.92 Å². The number of hydrogen-bond donors (Lipinski definition) is 1. The summed E-state index contributed by atoms with van der Waals surface area (Å²) in [7, 11) is -4.28. The van der Waals surface area contributed by atoms with Crippen molar-refractivity contribution < 1.29 is 22.8 Å². The molecule has 0 bridgehead atoms. The third kappa shape index (κ3) is 3.41. The first kappa shape index (κ1) is 20.0. The van der Waals surface area contributed by atoms with Crippen LogP contribution in [0.25, 0.3) is 0 Å². The quantitative estimate of drug-likeness (QED) is 0.749. The van der Waals surface area contributed by atoms with Crippen LogP contribution in [0.3, 0.4) is 0 Å². The summed E-state index contributed by atoms with van der Waals surface area (Å²) in [4.78, 5) is 38.8. The summed E-state index contributed by atoms with van der Waals surface area (Å²) >= 11 is 5.92. The third-order valence-corrected chi connectivity index (χ3v) is 6.21. The molecule has 146 valence electrons. The number of sulfonamides is 1. The van der Waals surface area contributed by atoms with Gasteiger partial charge in [0.05, 0.1) is 16.1 Å². The molecule has 28 heavy (non-hydrogen) atoms. The van der Waals surface area contributed by atoms with Crippen LogP contribution in [0.5, 0.6) is 0 Å². The van der Waals surface area contributed by atoms with Crippen LogP contribution in [-0.2, 0) is 14.8 Å². The molecule has 3 rings (SSSR count). The highest BCUT2D eigenvalue weighted by molar-refractivity contribution is 7.90. The maximum Gasteiger partial charge on any atom is 0.265 e. The van der Waals surface area contributed by atoms with E-state index in [1.54, 1.807) is 32.0 Å². The number of amides is 3. The fourth-order valence-corrected chi connectivity index (χ4v) is 4.61.